The van der Waals surface area contributed by atoms with Crippen LogP contribution in [0.1, 0.15) is 5.56 Å². The Morgan fingerprint density at radius 3 is 2.50 bits per heavy atom. The molecular weight excluding hydrogens is 375 g/mol. The molecule has 2 atom stereocenters. The summed E-state index contributed by atoms with van der Waals surface area (Å²) in [5.41, 5.74) is 0.0634. The molecule has 0 radical (unpaired) electrons. The van der Waals surface area contributed by atoms with E-state index in [1.807, 2.05) is 0 Å². The van der Waals surface area contributed by atoms with Crippen LogP contribution in [0.25, 0.3) is 11.1 Å². The first-order valence-electron chi connectivity index (χ1n) is 7.44. The molecule has 0 saturated carbocycles. The van der Waals surface area contributed by atoms with Crippen molar-refractivity contribution in [2.75, 3.05) is 17.3 Å². The molecule has 1 aliphatic heterocycles. The van der Waals surface area contributed by atoms with Crippen LogP contribution in [-0.2, 0) is 28.6 Å². The minimum absolute atomic E-state index is 0.0390. The Bertz CT molecular complexity index is 851. The van der Waals surface area contributed by atoms with Gasteiger partial charge < -0.3 is 14.6 Å². The van der Waals surface area contributed by atoms with Crippen LogP contribution in [0.4, 0.5) is 19.0 Å². The van der Waals surface area contributed by atoms with E-state index in [1.165, 1.54) is 27.9 Å². The van der Waals surface area contributed by atoms with Crippen LogP contribution in [0.15, 0.2) is 30.5 Å². The molecule has 2 aromatic rings. The van der Waals surface area contributed by atoms with E-state index in [1.54, 1.807) is 0 Å². The second-order valence-corrected chi connectivity index (χ2v) is 6.70. The van der Waals surface area contributed by atoms with E-state index in [9.17, 15) is 31.8 Å². The van der Waals surface area contributed by atoms with Crippen molar-refractivity contribution >= 4 is 22.9 Å². The van der Waals surface area contributed by atoms with E-state index in [2.05, 4.69) is 5.10 Å². The lowest BCUT2D eigenvalue weighted by atomic mass is 10.0. The van der Waals surface area contributed by atoms with Crippen LogP contribution in [0.5, 0.6) is 0 Å². The highest BCUT2D eigenvalue weighted by molar-refractivity contribution is 7.79. The number of benzene rings is 1. The predicted octanol–water partition coefficient (Wildman–Crippen LogP) is 1.93. The van der Waals surface area contributed by atoms with Crippen LogP contribution >= 0.6 is 0 Å². The topological polar surface area (TPSA) is 98.5 Å². The molecule has 0 amide bonds. The highest BCUT2D eigenvalue weighted by atomic mass is 32.2. The van der Waals surface area contributed by atoms with E-state index in [0.29, 0.717) is 16.9 Å². The molecule has 2 unspecified atom stereocenters. The number of carbonyl (C=O) groups is 1. The van der Waals surface area contributed by atoms with Crippen LogP contribution in [-0.4, -0.2) is 42.0 Å². The summed E-state index contributed by atoms with van der Waals surface area (Å²) in [6, 6.07) is 4.41. The summed E-state index contributed by atoms with van der Waals surface area (Å²) in [7, 11) is 0. The minimum atomic E-state index is -4.46. The van der Waals surface area contributed by atoms with Crippen molar-refractivity contribution in [3.05, 3.63) is 36.0 Å². The van der Waals surface area contributed by atoms with Crippen molar-refractivity contribution in [1.29, 1.82) is 0 Å². The maximum absolute atomic E-state index is 12.7. The van der Waals surface area contributed by atoms with Gasteiger partial charge in [0.25, 0.3) is 0 Å². The van der Waals surface area contributed by atoms with Gasteiger partial charge in [-0.3, -0.25) is 9.00 Å². The summed E-state index contributed by atoms with van der Waals surface area (Å²) in [6.07, 6.45) is -3.07. The fourth-order valence-corrected chi connectivity index (χ4v) is 3.39. The van der Waals surface area contributed by atoms with Gasteiger partial charge in [-0.05, 0) is 28.8 Å². The molecule has 1 aromatic heterocycles. The Balaban J connectivity index is 2.01. The first-order valence-corrected chi connectivity index (χ1v) is 8.68. The van der Waals surface area contributed by atoms with Crippen LogP contribution in [0.3, 0.4) is 0 Å². The quantitative estimate of drug-likeness (QED) is 0.804. The number of fused-ring (bicyclic) bond motifs is 1. The smallest absolute Gasteiger partial charge is 0.416 e. The van der Waals surface area contributed by atoms with Gasteiger partial charge >= 0.3 is 12.1 Å². The zero-order chi connectivity index (χ0) is 19.1. The van der Waals surface area contributed by atoms with Gasteiger partial charge in [0, 0.05) is 12.1 Å². The van der Waals surface area contributed by atoms with E-state index < -0.39 is 40.6 Å². The molecular formula is C15H13F3N3O4S-. The minimum Gasteiger partial charge on any atom is -0.771 e. The molecule has 0 fully saturated rings. The molecule has 1 aromatic carbocycles. The Morgan fingerprint density at radius 2 is 1.96 bits per heavy atom. The van der Waals surface area contributed by atoms with Crippen molar-refractivity contribution in [3.8, 4) is 11.1 Å². The number of aliphatic carboxylic acids is 1. The fraction of sp³-hybridized carbons (Fsp3) is 0.333. The standard InChI is InChI=1S/C15H14F3N3O4S/c16-15(17,18)11-3-1-9(2-4-11)12-5-19-21-7-10(14(22)23)6-20(13(12)21)8-26(24)25/h1-5,10H,6-8H2,(H,22,23)(H,24,25)/p-1. The molecule has 26 heavy (non-hydrogen) atoms. The first kappa shape index (κ1) is 18.4. The lowest BCUT2D eigenvalue weighted by Gasteiger charge is -2.34. The second-order valence-electron chi connectivity index (χ2n) is 5.83. The van der Waals surface area contributed by atoms with Crippen molar-refractivity contribution in [2.24, 2.45) is 5.92 Å². The van der Waals surface area contributed by atoms with Crippen molar-refractivity contribution < 1.29 is 31.8 Å². The van der Waals surface area contributed by atoms with Crippen molar-refractivity contribution in [3.63, 3.8) is 0 Å². The number of aromatic nitrogens is 2. The maximum Gasteiger partial charge on any atom is 0.416 e. The SMILES string of the molecule is O=C(O)C1CN(CS(=O)[O-])c2c(-c3ccc(C(F)(F)F)cc3)cnn2C1. The van der Waals surface area contributed by atoms with Crippen LogP contribution in [0.2, 0.25) is 0 Å². The molecule has 0 aliphatic carbocycles. The zero-order valence-electron chi connectivity index (χ0n) is 13.1. The Morgan fingerprint density at radius 1 is 1.31 bits per heavy atom. The number of anilines is 1. The van der Waals surface area contributed by atoms with Gasteiger partial charge in [-0.25, -0.2) is 4.68 Å². The lowest BCUT2D eigenvalue weighted by Crippen LogP contribution is -2.43. The van der Waals surface area contributed by atoms with Gasteiger partial charge in [0.15, 0.2) is 0 Å². The monoisotopic (exact) mass is 388 g/mol. The van der Waals surface area contributed by atoms with Crippen molar-refractivity contribution in [1.82, 2.24) is 9.78 Å². The number of carboxylic acids is 1. The zero-order valence-corrected chi connectivity index (χ0v) is 14.0. The molecule has 2 heterocycles. The number of nitrogens with zero attached hydrogens (tertiary/aromatic N) is 3. The Labute approximate surface area is 148 Å². The normalized spacial score (nSPS) is 18.5. The van der Waals surface area contributed by atoms with Gasteiger partial charge in [0.1, 0.15) is 5.82 Å². The molecule has 1 aliphatic rings. The van der Waals surface area contributed by atoms with Crippen LogP contribution in [0, 0.1) is 5.92 Å². The summed E-state index contributed by atoms with van der Waals surface area (Å²) < 4.78 is 61.8. The number of hydrogen-bond donors (Lipinski definition) is 1. The number of rotatable bonds is 4. The highest BCUT2D eigenvalue weighted by Crippen LogP contribution is 2.36. The summed E-state index contributed by atoms with van der Waals surface area (Å²) in [5.74, 6) is -2.00. The van der Waals surface area contributed by atoms with Gasteiger partial charge in [-0.1, -0.05) is 12.1 Å². The molecule has 140 valence electrons. The van der Waals surface area contributed by atoms with Gasteiger partial charge in [0.2, 0.25) is 0 Å². The molecule has 7 nitrogen and oxygen atoms in total. The van der Waals surface area contributed by atoms with E-state index in [4.69, 9.17) is 0 Å². The number of carboxylic acid groups (broad SMARTS) is 1. The van der Waals surface area contributed by atoms with Gasteiger partial charge in [-0.2, -0.15) is 18.3 Å². The van der Waals surface area contributed by atoms with Crippen molar-refractivity contribution in [2.45, 2.75) is 12.7 Å². The predicted molar refractivity (Wildman–Crippen MR) is 84.9 cm³/mol. The molecule has 1 N–H and O–H groups in total. The molecule has 0 bridgehead atoms. The third kappa shape index (κ3) is 3.58. The maximum atomic E-state index is 12.7. The van der Waals surface area contributed by atoms with Gasteiger partial charge in [0.05, 0.1) is 30.1 Å². The molecule has 3 rings (SSSR count). The van der Waals surface area contributed by atoms with E-state index in [-0.39, 0.29) is 13.1 Å². The molecule has 0 saturated heterocycles. The first-order chi connectivity index (χ1) is 12.2. The Hall–Kier alpha value is -2.40. The summed E-state index contributed by atoms with van der Waals surface area (Å²) in [6.45, 7) is 0.00986. The number of hydrogen-bond acceptors (Lipinski definition) is 5. The number of alkyl halides is 3. The van der Waals surface area contributed by atoms with Crippen LogP contribution < -0.4 is 4.90 Å². The van der Waals surface area contributed by atoms with Gasteiger partial charge in [-0.15, -0.1) is 0 Å². The summed E-state index contributed by atoms with van der Waals surface area (Å²) in [5, 5.41) is 13.3. The Kier molecular flexibility index (Phi) is 4.76. The largest absolute Gasteiger partial charge is 0.771 e. The van der Waals surface area contributed by atoms with E-state index in [0.717, 1.165) is 12.1 Å². The second kappa shape index (κ2) is 6.72. The summed E-state index contributed by atoms with van der Waals surface area (Å²) >= 11 is -2.47. The average Bonchev–Trinajstić information content (AvgIpc) is 2.98. The lowest BCUT2D eigenvalue weighted by molar-refractivity contribution is -0.142. The third-order valence-corrected chi connectivity index (χ3v) is 4.60. The third-order valence-electron chi connectivity index (χ3n) is 4.08. The number of halogens is 3. The summed E-state index contributed by atoms with van der Waals surface area (Å²) in [4.78, 5) is 12.6. The highest BCUT2D eigenvalue weighted by Gasteiger charge is 2.33. The average molecular weight is 388 g/mol. The molecule has 11 heteroatoms. The van der Waals surface area contributed by atoms with E-state index >= 15 is 0 Å². The molecule has 0 spiro atoms. The fourth-order valence-electron chi connectivity index (χ4n) is 2.90.